The highest BCUT2D eigenvalue weighted by atomic mass is 35.5. The quantitative estimate of drug-likeness (QED) is 0.707. The lowest BCUT2D eigenvalue weighted by Crippen LogP contribution is -1.90. The van der Waals surface area contributed by atoms with Crippen molar-refractivity contribution in [2.75, 3.05) is 0 Å². The van der Waals surface area contributed by atoms with E-state index in [0.29, 0.717) is 0 Å². The Bertz CT molecular complexity index is 803. The molecule has 0 radical (unpaired) electrons. The number of nitrogens with zero attached hydrogens (tertiary/aromatic N) is 3. The summed E-state index contributed by atoms with van der Waals surface area (Å²) in [6.45, 7) is 0. The molecule has 0 atom stereocenters. The van der Waals surface area contributed by atoms with Crippen LogP contribution in [-0.2, 0) is 7.05 Å². The number of fused-ring (bicyclic) bond motifs is 1. The van der Waals surface area contributed by atoms with E-state index < -0.39 is 0 Å². The highest BCUT2D eigenvalue weighted by Gasteiger charge is 2.24. The van der Waals surface area contributed by atoms with Crippen molar-refractivity contribution in [3.63, 3.8) is 0 Å². The van der Waals surface area contributed by atoms with Crippen LogP contribution in [0.4, 0.5) is 0 Å². The minimum absolute atomic E-state index is 0.727. The molecule has 0 unspecified atom stereocenters. The minimum atomic E-state index is 0.727. The first-order valence-electron chi connectivity index (χ1n) is 6.81. The van der Waals surface area contributed by atoms with Crippen molar-refractivity contribution < 1.29 is 0 Å². The Labute approximate surface area is 122 Å². The summed E-state index contributed by atoms with van der Waals surface area (Å²) in [5, 5.41) is 8.96. The fourth-order valence-electron chi connectivity index (χ4n) is 2.63. The molecule has 3 nitrogen and oxygen atoms in total. The molecule has 1 fully saturated rings. The third-order valence-electron chi connectivity index (χ3n) is 3.96. The summed E-state index contributed by atoms with van der Waals surface area (Å²) < 4.78 is 1.78. The van der Waals surface area contributed by atoms with Gasteiger partial charge in [0.2, 0.25) is 0 Å². The van der Waals surface area contributed by atoms with Gasteiger partial charge in [0.1, 0.15) is 5.52 Å². The van der Waals surface area contributed by atoms with Crippen molar-refractivity contribution in [3.05, 3.63) is 47.0 Å². The summed E-state index contributed by atoms with van der Waals surface area (Å²) in [4.78, 5) is 0. The van der Waals surface area contributed by atoms with Gasteiger partial charge in [-0.05, 0) is 48.1 Å². The van der Waals surface area contributed by atoms with Crippen molar-refractivity contribution in [3.8, 4) is 11.1 Å². The third-order valence-corrected chi connectivity index (χ3v) is 4.28. The van der Waals surface area contributed by atoms with Gasteiger partial charge in [-0.3, -0.25) is 0 Å². The molecule has 1 aliphatic carbocycles. The summed E-state index contributed by atoms with van der Waals surface area (Å²) in [7, 11) is 1.90. The molecule has 0 aliphatic heterocycles. The molecule has 1 saturated carbocycles. The van der Waals surface area contributed by atoms with Crippen LogP contribution in [0.25, 0.3) is 22.2 Å². The Morgan fingerprint density at radius 3 is 2.75 bits per heavy atom. The standard InChI is InChI=1S/C16H14ClN3/c1-20-16-9-12(5-7-15(16)18-19-20)13-6-4-11(8-14(13)17)10-2-3-10/h4-10H,2-3H2,1H3. The smallest absolute Gasteiger partial charge is 0.113 e. The minimum Gasteiger partial charge on any atom is -0.248 e. The van der Waals surface area contributed by atoms with E-state index in [1.807, 2.05) is 13.1 Å². The number of aromatic nitrogens is 3. The topological polar surface area (TPSA) is 30.7 Å². The van der Waals surface area contributed by atoms with Gasteiger partial charge in [0.05, 0.1) is 5.52 Å². The zero-order valence-electron chi connectivity index (χ0n) is 11.2. The van der Waals surface area contributed by atoms with Gasteiger partial charge in [-0.15, -0.1) is 5.10 Å². The molecule has 3 aromatic rings. The monoisotopic (exact) mass is 283 g/mol. The molecule has 100 valence electrons. The predicted molar refractivity (Wildman–Crippen MR) is 80.9 cm³/mol. The van der Waals surface area contributed by atoms with E-state index in [4.69, 9.17) is 11.6 Å². The molecule has 0 N–H and O–H groups in total. The van der Waals surface area contributed by atoms with Crippen molar-refractivity contribution in [1.82, 2.24) is 15.0 Å². The van der Waals surface area contributed by atoms with Gasteiger partial charge in [0, 0.05) is 17.6 Å². The molecule has 0 spiro atoms. The van der Waals surface area contributed by atoms with Crippen LogP contribution in [0.5, 0.6) is 0 Å². The van der Waals surface area contributed by atoms with Gasteiger partial charge in [-0.1, -0.05) is 35.0 Å². The largest absolute Gasteiger partial charge is 0.248 e. The maximum absolute atomic E-state index is 6.46. The molecular weight excluding hydrogens is 270 g/mol. The summed E-state index contributed by atoms with van der Waals surface area (Å²) in [5.74, 6) is 0.727. The zero-order chi connectivity index (χ0) is 13.7. The Morgan fingerprint density at radius 1 is 1.15 bits per heavy atom. The average molecular weight is 284 g/mol. The molecule has 4 heteroatoms. The molecule has 1 aliphatic rings. The van der Waals surface area contributed by atoms with E-state index in [1.54, 1.807) is 4.68 Å². The zero-order valence-corrected chi connectivity index (χ0v) is 11.9. The summed E-state index contributed by atoms with van der Waals surface area (Å²) >= 11 is 6.46. The Hall–Kier alpha value is -1.87. The Balaban J connectivity index is 1.83. The van der Waals surface area contributed by atoms with Crippen LogP contribution in [0.15, 0.2) is 36.4 Å². The SMILES string of the molecule is Cn1nnc2ccc(-c3ccc(C4CC4)cc3Cl)cc21. The fraction of sp³-hybridized carbons (Fsp3) is 0.250. The molecule has 0 amide bonds. The Morgan fingerprint density at radius 2 is 2.00 bits per heavy atom. The van der Waals surface area contributed by atoms with Crippen molar-refractivity contribution in [2.45, 2.75) is 18.8 Å². The second-order valence-corrected chi connectivity index (χ2v) is 5.84. The summed E-state index contributed by atoms with van der Waals surface area (Å²) in [5.41, 5.74) is 5.46. The van der Waals surface area contributed by atoms with Crippen molar-refractivity contribution in [2.24, 2.45) is 7.05 Å². The van der Waals surface area contributed by atoms with Crippen LogP contribution in [0.2, 0.25) is 5.02 Å². The first kappa shape index (κ1) is 11.9. The fourth-order valence-corrected chi connectivity index (χ4v) is 2.93. The second kappa shape index (κ2) is 4.32. The van der Waals surface area contributed by atoms with E-state index in [9.17, 15) is 0 Å². The first-order chi connectivity index (χ1) is 9.72. The highest BCUT2D eigenvalue weighted by Crippen LogP contribution is 2.42. The molecule has 2 aromatic carbocycles. The number of aryl methyl sites for hydroxylation is 1. The van der Waals surface area contributed by atoms with E-state index in [-0.39, 0.29) is 0 Å². The predicted octanol–water partition coefficient (Wildman–Crippen LogP) is 4.17. The number of halogens is 1. The van der Waals surface area contributed by atoms with Crippen LogP contribution in [0.1, 0.15) is 24.3 Å². The van der Waals surface area contributed by atoms with Crippen molar-refractivity contribution in [1.29, 1.82) is 0 Å². The first-order valence-corrected chi connectivity index (χ1v) is 7.19. The van der Waals surface area contributed by atoms with Gasteiger partial charge in [0.15, 0.2) is 0 Å². The van der Waals surface area contributed by atoms with Gasteiger partial charge in [-0.2, -0.15) is 0 Å². The number of rotatable bonds is 2. The van der Waals surface area contributed by atoms with Crippen LogP contribution >= 0.6 is 11.6 Å². The number of hydrogen-bond donors (Lipinski definition) is 0. The number of benzene rings is 2. The normalized spacial score (nSPS) is 14.9. The molecular formula is C16H14ClN3. The van der Waals surface area contributed by atoms with E-state index in [0.717, 1.165) is 33.1 Å². The molecule has 0 bridgehead atoms. The lowest BCUT2D eigenvalue weighted by atomic mass is 10.0. The Kier molecular flexibility index (Phi) is 2.57. The van der Waals surface area contributed by atoms with E-state index >= 15 is 0 Å². The molecule has 4 rings (SSSR count). The number of hydrogen-bond acceptors (Lipinski definition) is 2. The van der Waals surface area contributed by atoms with Gasteiger partial charge >= 0.3 is 0 Å². The highest BCUT2D eigenvalue weighted by molar-refractivity contribution is 6.33. The molecule has 20 heavy (non-hydrogen) atoms. The molecule has 0 saturated heterocycles. The maximum atomic E-state index is 6.46. The van der Waals surface area contributed by atoms with Gasteiger partial charge in [0.25, 0.3) is 0 Å². The van der Waals surface area contributed by atoms with Crippen molar-refractivity contribution >= 4 is 22.6 Å². The van der Waals surface area contributed by atoms with E-state index in [2.05, 4.69) is 40.6 Å². The van der Waals surface area contributed by atoms with Crippen LogP contribution in [-0.4, -0.2) is 15.0 Å². The summed E-state index contributed by atoms with van der Waals surface area (Å²) in [6, 6.07) is 12.6. The summed E-state index contributed by atoms with van der Waals surface area (Å²) in [6.07, 6.45) is 2.59. The van der Waals surface area contributed by atoms with E-state index in [1.165, 1.54) is 18.4 Å². The molecule has 1 heterocycles. The average Bonchev–Trinajstić information content (AvgIpc) is 3.24. The maximum Gasteiger partial charge on any atom is 0.113 e. The van der Waals surface area contributed by atoms with Gasteiger partial charge in [-0.25, -0.2) is 4.68 Å². The third kappa shape index (κ3) is 1.90. The second-order valence-electron chi connectivity index (χ2n) is 5.43. The van der Waals surface area contributed by atoms with Crippen LogP contribution in [0.3, 0.4) is 0 Å². The van der Waals surface area contributed by atoms with Crippen LogP contribution < -0.4 is 0 Å². The lowest BCUT2D eigenvalue weighted by Gasteiger charge is -2.07. The van der Waals surface area contributed by atoms with Crippen LogP contribution in [0, 0.1) is 0 Å². The lowest BCUT2D eigenvalue weighted by molar-refractivity contribution is 0.736. The molecule has 1 aromatic heterocycles. The van der Waals surface area contributed by atoms with Gasteiger partial charge < -0.3 is 0 Å².